The second-order valence-electron chi connectivity index (χ2n) is 9.96. The fourth-order valence-corrected chi connectivity index (χ4v) is 6.47. The van der Waals surface area contributed by atoms with Crippen molar-refractivity contribution < 1.29 is 23.4 Å². The molecule has 2 N–H and O–H groups in total. The van der Waals surface area contributed by atoms with Gasteiger partial charge in [-0.3, -0.25) is 4.90 Å². The molecular formula is C27H30F2N2O3. The Hall–Kier alpha value is -2.93. The molecule has 1 saturated carbocycles. The third-order valence-corrected chi connectivity index (χ3v) is 7.83. The number of H-pyrrole nitrogens is 1. The van der Waals surface area contributed by atoms with Gasteiger partial charge in [0.2, 0.25) is 0 Å². The van der Waals surface area contributed by atoms with E-state index in [4.69, 9.17) is 4.74 Å². The summed E-state index contributed by atoms with van der Waals surface area (Å²) in [7, 11) is 1.66. The van der Waals surface area contributed by atoms with E-state index in [0.717, 1.165) is 53.2 Å². The van der Waals surface area contributed by atoms with Crippen molar-refractivity contribution in [3.63, 3.8) is 0 Å². The second-order valence-corrected chi connectivity index (χ2v) is 9.96. The number of methoxy groups -OCH3 is 1. The monoisotopic (exact) mass is 468 g/mol. The topological polar surface area (TPSA) is 65.6 Å². The molecule has 0 spiro atoms. The second kappa shape index (κ2) is 8.69. The zero-order chi connectivity index (χ0) is 24.1. The first-order chi connectivity index (χ1) is 16.3. The number of ether oxygens (including phenoxy) is 1. The Morgan fingerprint density at radius 1 is 1.26 bits per heavy atom. The number of benzene rings is 2. The number of carboxylic acid groups (broad SMARTS) is 1. The molecule has 0 bridgehead atoms. The Kier molecular flexibility index (Phi) is 5.84. The molecule has 1 aliphatic heterocycles. The maximum absolute atomic E-state index is 14.2. The number of aromatic carboxylic acids is 1. The van der Waals surface area contributed by atoms with E-state index in [9.17, 15) is 18.7 Å². The van der Waals surface area contributed by atoms with E-state index in [1.165, 1.54) is 6.07 Å². The van der Waals surface area contributed by atoms with Gasteiger partial charge in [0.15, 0.2) is 0 Å². The number of nitrogens with one attached hydrogen (secondary N) is 1. The number of aromatic nitrogens is 1. The molecule has 5 nitrogen and oxygen atoms in total. The highest BCUT2D eigenvalue weighted by Crippen LogP contribution is 2.53. The number of halogens is 2. The van der Waals surface area contributed by atoms with Crippen LogP contribution >= 0.6 is 0 Å². The zero-order valence-electron chi connectivity index (χ0n) is 19.6. The maximum atomic E-state index is 14.2. The van der Waals surface area contributed by atoms with E-state index in [2.05, 4.69) is 16.8 Å². The van der Waals surface area contributed by atoms with Gasteiger partial charge < -0.3 is 14.8 Å². The molecule has 180 valence electrons. The lowest BCUT2D eigenvalue weighted by molar-refractivity contribution is 0.0696. The molecule has 2 fully saturated rings. The molecule has 1 saturated heterocycles. The summed E-state index contributed by atoms with van der Waals surface area (Å²) in [6.07, 6.45) is 1.25. The summed E-state index contributed by atoms with van der Waals surface area (Å²) in [5, 5.41) is 10.4. The third-order valence-electron chi connectivity index (χ3n) is 7.83. The lowest BCUT2D eigenvalue weighted by Crippen LogP contribution is -2.27. The van der Waals surface area contributed by atoms with Gasteiger partial charge in [-0.1, -0.05) is 13.0 Å². The van der Waals surface area contributed by atoms with E-state index in [0.29, 0.717) is 23.9 Å². The SMILES string of the molecule is COc1cc(C)c2[nH]ccc2c1CN1C[C@@H]2CC(C)C[C@@H]2[C@H]1c1ccc(C(=O)O)cc1C(F)F. The first-order valence-electron chi connectivity index (χ1n) is 11.8. The molecule has 34 heavy (non-hydrogen) atoms. The number of carbonyl (C=O) groups is 1. The minimum atomic E-state index is -2.74. The van der Waals surface area contributed by atoms with Gasteiger partial charge in [0.25, 0.3) is 6.43 Å². The Labute approximate surface area is 197 Å². The lowest BCUT2D eigenvalue weighted by atomic mass is 9.86. The van der Waals surface area contributed by atoms with Crippen molar-refractivity contribution in [2.45, 2.75) is 45.7 Å². The molecule has 2 aromatic carbocycles. The van der Waals surface area contributed by atoms with Crippen LogP contribution in [-0.4, -0.2) is 34.6 Å². The number of hydrogen-bond donors (Lipinski definition) is 2. The van der Waals surface area contributed by atoms with Crippen LogP contribution in [0.2, 0.25) is 0 Å². The summed E-state index contributed by atoms with van der Waals surface area (Å²) in [5.74, 6) is 0.856. The number of hydrogen-bond acceptors (Lipinski definition) is 3. The van der Waals surface area contributed by atoms with Crippen LogP contribution in [0.15, 0.2) is 36.5 Å². The van der Waals surface area contributed by atoms with Crippen LogP contribution < -0.4 is 4.74 Å². The number of fused-ring (bicyclic) bond motifs is 2. The number of aromatic amines is 1. The average molecular weight is 469 g/mol. The van der Waals surface area contributed by atoms with E-state index < -0.39 is 12.4 Å². The normalized spacial score (nSPS) is 24.8. The maximum Gasteiger partial charge on any atom is 0.335 e. The van der Waals surface area contributed by atoms with Gasteiger partial charge in [0, 0.05) is 47.4 Å². The highest BCUT2D eigenvalue weighted by atomic mass is 19.3. The molecule has 1 aliphatic carbocycles. The van der Waals surface area contributed by atoms with Gasteiger partial charge in [0.05, 0.1) is 12.7 Å². The summed E-state index contributed by atoms with van der Waals surface area (Å²) in [5.41, 5.74) is 3.47. The number of likely N-dealkylation sites (tertiary alicyclic amines) is 1. The molecule has 3 aromatic rings. The van der Waals surface area contributed by atoms with Gasteiger partial charge in [-0.2, -0.15) is 0 Å². The third kappa shape index (κ3) is 3.76. The fourth-order valence-electron chi connectivity index (χ4n) is 6.47. The van der Waals surface area contributed by atoms with Crippen molar-refractivity contribution in [1.29, 1.82) is 0 Å². The Balaban J connectivity index is 1.60. The van der Waals surface area contributed by atoms with Crippen LogP contribution in [0.4, 0.5) is 8.78 Å². The molecule has 2 aliphatic rings. The van der Waals surface area contributed by atoms with Crippen molar-refractivity contribution in [1.82, 2.24) is 9.88 Å². The average Bonchev–Trinajstić information content (AvgIpc) is 3.49. The van der Waals surface area contributed by atoms with Gasteiger partial charge >= 0.3 is 5.97 Å². The highest BCUT2D eigenvalue weighted by molar-refractivity contribution is 5.88. The van der Waals surface area contributed by atoms with Crippen molar-refractivity contribution in [3.8, 4) is 5.75 Å². The van der Waals surface area contributed by atoms with E-state index in [-0.39, 0.29) is 23.1 Å². The lowest BCUT2D eigenvalue weighted by Gasteiger charge is -2.31. The summed E-state index contributed by atoms with van der Waals surface area (Å²) in [6, 6.07) is 8.11. The van der Waals surface area contributed by atoms with Crippen molar-refractivity contribution in [2.24, 2.45) is 17.8 Å². The summed E-state index contributed by atoms with van der Waals surface area (Å²) >= 11 is 0. The van der Waals surface area contributed by atoms with Gasteiger partial charge in [-0.05, 0) is 72.9 Å². The van der Waals surface area contributed by atoms with E-state index >= 15 is 0 Å². The summed E-state index contributed by atoms with van der Waals surface area (Å²) in [6.45, 7) is 5.67. The van der Waals surface area contributed by atoms with Crippen LogP contribution in [0.3, 0.4) is 0 Å². The number of aryl methyl sites for hydroxylation is 1. The van der Waals surface area contributed by atoms with Gasteiger partial charge in [-0.25, -0.2) is 13.6 Å². The minimum Gasteiger partial charge on any atom is -0.496 e. The molecular weight excluding hydrogens is 438 g/mol. The molecule has 1 aromatic heterocycles. The Morgan fingerprint density at radius 3 is 2.76 bits per heavy atom. The zero-order valence-corrected chi connectivity index (χ0v) is 19.6. The molecule has 1 unspecified atom stereocenters. The van der Waals surface area contributed by atoms with Gasteiger partial charge in [-0.15, -0.1) is 0 Å². The standard InChI is InChI=1S/C27H30F2N2O3/c1-14-8-17-12-31(13-22-18-6-7-30-24(18)15(2)10-23(22)34-3)25(20(17)9-14)19-5-4-16(27(32)33)11-21(19)26(28)29/h4-7,10-11,14,17,20,25-26,30H,8-9,12-13H2,1-3H3,(H,32,33)/t14?,17-,20-,25+/m0/s1. The van der Waals surface area contributed by atoms with E-state index in [1.807, 2.05) is 25.3 Å². The number of rotatable bonds is 6. The molecule has 4 atom stereocenters. The Morgan fingerprint density at radius 2 is 2.06 bits per heavy atom. The minimum absolute atomic E-state index is 0.103. The predicted octanol–water partition coefficient (Wildman–Crippen LogP) is 6.34. The predicted molar refractivity (Wildman–Crippen MR) is 126 cm³/mol. The number of nitrogens with zero attached hydrogens (tertiary/aromatic N) is 1. The van der Waals surface area contributed by atoms with Crippen LogP contribution in [-0.2, 0) is 6.54 Å². The first-order valence-corrected chi connectivity index (χ1v) is 11.8. The van der Waals surface area contributed by atoms with Crippen molar-refractivity contribution in [2.75, 3.05) is 13.7 Å². The molecule has 2 heterocycles. The first kappa shape index (κ1) is 22.8. The Bertz CT molecular complexity index is 1240. The van der Waals surface area contributed by atoms with Gasteiger partial charge in [0.1, 0.15) is 5.75 Å². The number of alkyl halides is 2. The molecule has 0 amide bonds. The van der Waals surface area contributed by atoms with Crippen LogP contribution in [0.1, 0.15) is 64.8 Å². The fraction of sp³-hybridized carbons (Fsp3) is 0.444. The van der Waals surface area contributed by atoms with Crippen LogP contribution in [0, 0.1) is 24.7 Å². The van der Waals surface area contributed by atoms with Crippen molar-refractivity contribution in [3.05, 3.63) is 64.3 Å². The van der Waals surface area contributed by atoms with Crippen LogP contribution in [0.25, 0.3) is 10.9 Å². The van der Waals surface area contributed by atoms with Crippen molar-refractivity contribution >= 4 is 16.9 Å². The smallest absolute Gasteiger partial charge is 0.335 e. The summed E-state index contributed by atoms with van der Waals surface area (Å²) in [4.78, 5) is 17.1. The largest absolute Gasteiger partial charge is 0.496 e. The summed E-state index contributed by atoms with van der Waals surface area (Å²) < 4.78 is 34.1. The molecule has 0 radical (unpaired) electrons. The quantitative estimate of drug-likeness (QED) is 0.443. The van der Waals surface area contributed by atoms with Crippen LogP contribution in [0.5, 0.6) is 5.75 Å². The molecule has 5 rings (SSSR count). The van der Waals surface area contributed by atoms with E-state index in [1.54, 1.807) is 13.2 Å². The number of carboxylic acids is 1. The molecule has 7 heteroatoms. The highest BCUT2D eigenvalue weighted by Gasteiger charge is 2.48.